The highest BCUT2D eigenvalue weighted by atomic mass is 32.2. The van der Waals surface area contributed by atoms with Gasteiger partial charge in [-0.1, -0.05) is 19.3 Å². The van der Waals surface area contributed by atoms with Crippen molar-refractivity contribution in [2.75, 3.05) is 5.75 Å². The summed E-state index contributed by atoms with van der Waals surface area (Å²) >= 11 is 1.62. The lowest BCUT2D eigenvalue weighted by molar-refractivity contribution is 0.0273. The van der Waals surface area contributed by atoms with Gasteiger partial charge in [0.05, 0.1) is 5.60 Å². The van der Waals surface area contributed by atoms with Gasteiger partial charge in [0, 0.05) is 10.6 Å². The Morgan fingerprint density at radius 2 is 1.75 bits per heavy atom. The average Bonchev–Trinajstić information content (AvgIpc) is 2.29. The van der Waals surface area contributed by atoms with Gasteiger partial charge in [0.1, 0.15) is 5.82 Å². The van der Waals surface area contributed by atoms with Crippen molar-refractivity contribution in [2.45, 2.75) is 42.6 Å². The molecule has 0 spiro atoms. The molecule has 0 radical (unpaired) electrons. The summed E-state index contributed by atoms with van der Waals surface area (Å²) < 4.78 is 12.7. The second-order valence-electron chi connectivity index (χ2n) is 4.53. The van der Waals surface area contributed by atoms with E-state index in [0.717, 1.165) is 36.3 Å². The highest BCUT2D eigenvalue weighted by Crippen LogP contribution is 2.33. The second kappa shape index (κ2) is 5.19. The molecule has 0 saturated heterocycles. The van der Waals surface area contributed by atoms with Crippen LogP contribution >= 0.6 is 11.8 Å². The van der Waals surface area contributed by atoms with E-state index in [1.165, 1.54) is 18.6 Å². The van der Waals surface area contributed by atoms with Crippen molar-refractivity contribution in [2.24, 2.45) is 0 Å². The second-order valence-corrected chi connectivity index (χ2v) is 5.58. The van der Waals surface area contributed by atoms with E-state index in [2.05, 4.69) is 0 Å². The first kappa shape index (κ1) is 11.9. The fourth-order valence-electron chi connectivity index (χ4n) is 2.10. The summed E-state index contributed by atoms with van der Waals surface area (Å²) in [6, 6.07) is 6.47. The number of hydrogen-bond acceptors (Lipinski definition) is 2. The highest BCUT2D eigenvalue weighted by molar-refractivity contribution is 7.99. The van der Waals surface area contributed by atoms with Gasteiger partial charge in [-0.3, -0.25) is 0 Å². The van der Waals surface area contributed by atoms with Gasteiger partial charge in [-0.25, -0.2) is 4.39 Å². The van der Waals surface area contributed by atoms with Gasteiger partial charge in [-0.2, -0.15) is 0 Å². The van der Waals surface area contributed by atoms with Crippen LogP contribution in [0.4, 0.5) is 4.39 Å². The molecule has 1 fully saturated rings. The maximum absolute atomic E-state index is 12.7. The normalized spacial score (nSPS) is 19.6. The molecule has 1 nitrogen and oxygen atoms in total. The van der Waals surface area contributed by atoms with Crippen molar-refractivity contribution < 1.29 is 9.50 Å². The summed E-state index contributed by atoms with van der Waals surface area (Å²) in [6.07, 6.45) is 5.30. The van der Waals surface area contributed by atoms with Crippen molar-refractivity contribution in [1.82, 2.24) is 0 Å². The van der Waals surface area contributed by atoms with Crippen molar-refractivity contribution in [1.29, 1.82) is 0 Å². The van der Waals surface area contributed by atoms with Crippen LogP contribution in [0.15, 0.2) is 29.2 Å². The van der Waals surface area contributed by atoms with Gasteiger partial charge in [-0.15, -0.1) is 11.8 Å². The zero-order chi connectivity index (χ0) is 11.4. The van der Waals surface area contributed by atoms with Gasteiger partial charge < -0.3 is 5.11 Å². The van der Waals surface area contributed by atoms with Gasteiger partial charge in [-0.05, 0) is 37.1 Å². The molecule has 0 atom stereocenters. The molecule has 1 N–H and O–H groups in total. The third-order valence-electron chi connectivity index (χ3n) is 3.11. The summed E-state index contributed by atoms with van der Waals surface area (Å²) in [4.78, 5) is 1.03. The van der Waals surface area contributed by atoms with Gasteiger partial charge in [0.15, 0.2) is 0 Å². The molecule has 0 aromatic heterocycles. The minimum Gasteiger partial charge on any atom is -0.389 e. The summed E-state index contributed by atoms with van der Waals surface area (Å²) in [5, 5.41) is 10.3. The van der Waals surface area contributed by atoms with Crippen molar-refractivity contribution in [3.05, 3.63) is 30.1 Å². The Morgan fingerprint density at radius 3 is 2.38 bits per heavy atom. The van der Waals surface area contributed by atoms with Crippen molar-refractivity contribution in [3.8, 4) is 0 Å². The fraction of sp³-hybridized carbons (Fsp3) is 0.538. The maximum Gasteiger partial charge on any atom is 0.123 e. The third kappa shape index (κ3) is 3.22. The van der Waals surface area contributed by atoms with Crippen LogP contribution in [0.25, 0.3) is 0 Å². The van der Waals surface area contributed by atoms with Gasteiger partial charge in [0.2, 0.25) is 0 Å². The van der Waals surface area contributed by atoms with Crippen LogP contribution in [0.3, 0.4) is 0 Å². The molecule has 88 valence electrons. The minimum atomic E-state index is -0.503. The van der Waals surface area contributed by atoms with Gasteiger partial charge >= 0.3 is 0 Å². The molecular formula is C13H17FOS. The van der Waals surface area contributed by atoms with Crippen molar-refractivity contribution in [3.63, 3.8) is 0 Å². The molecule has 16 heavy (non-hydrogen) atoms. The summed E-state index contributed by atoms with van der Waals surface area (Å²) in [5.74, 6) is 0.513. The Morgan fingerprint density at radius 1 is 1.12 bits per heavy atom. The standard InChI is InChI=1S/C13H17FOS/c14-11-4-6-12(7-5-11)16-10-13(15)8-2-1-3-9-13/h4-7,15H,1-3,8-10H2. The van der Waals surface area contributed by atoms with E-state index in [1.807, 2.05) is 0 Å². The van der Waals surface area contributed by atoms with E-state index < -0.39 is 5.60 Å². The Labute approximate surface area is 100 Å². The molecule has 1 aromatic carbocycles. The van der Waals surface area contributed by atoms with Crippen LogP contribution in [0.2, 0.25) is 0 Å². The molecule has 1 saturated carbocycles. The molecule has 0 aliphatic heterocycles. The van der Waals surface area contributed by atoms with E-state index in [-0.39, 0.29) is 5.82 Å². The van der Waals surface area contributed by atoms with Crippen LogP contribution in [0.5, 0.6) is 0 Å². The first-order valence-electron chi connectivity index (χ1n) is 5.79. The number of hydrogen-bond donors (Lipinski definition) is 1. The van der Waals surface area contributed by atoms with E-state index in [9.17, 15) is 9.50 Å². The lowest BCUT2D eigenvalue weighted by Gasteiger charge is -2.31. The average molecular weight is 240 g/mol. The molecule has 0 amide bonds. The number of halogens is 1. The predicted molar refractivity (Wildman–Crippen MR) is 65.2 cm³/mol. The summed E-state index contributed by atoms with van der Waals surface area (Å²) in [5.41, 5.74) is -0.503. The Balaban J connectivity index is 1.88. The Bertz CT molecular complexity index is 330. The lowest BCUT2D eigenvalue weighted by Crippen LogP contribution is -2.33. The number of benzene rings is 1. The molecule has 1 aliphatic carbocycles. The number of thioether (sulfide) groups is 1. The molecule has 1 aliphatic rings. The van der Waals surface area contributed by atoms with Crippen LogP contribution in [0.1, 0.15) is 32.1 Å². The Hall–Kier alpha value is -0.540. The van der Waals surface area contributed by atoms with Crippen LogP contribution in [0, 0.1) is 5.82 Å². The molecule has 1 aromatic rings. The first-order chi connectivity index (χ1) is 7.68. The SMILES string of the molecule is OC1(CSc2ccc(F)cc2)CCCCC1. The zero-order valence-corrected chi connectivity index (χ0v) is 10.1. The van der Waals surface area contributed by atoms with E-state index >= 15 is 0 Å². The van der Waals surface area contributed by atoms with Crippen LogP contribution < -0.4 is 0 Å². The lowest BCUT2D eigenvalue weighted by atomic mass is 9.86. The molecular weight excluding hydrogens is 223 g/mol. The monoisotopic (exact) mass is 240 g/mol. The van der Waals surface area contributed by atoms with Crippen LogP contribution in [-0.2, 0) is 0 Å². The van der Waals surface area contributed by atoms with E-state index in [0.29, 0.717) is 0 Å². The zero-order valence-electron chi connectivity index (χ0n) is 9.29. The number of aliphatic hydroxyl groups is 1. The molecule has 0 bridgehead atoms. The van der Waals surface area contributed by atoms with Gasteiger partial charge in [0.25, 0.3) is 0 Å². The van der Waals surface area contributed by atoms with Crippen molar-refractivity contribution >= 4 is 11.8 Å². The highest BCUT2D eigenvalue weighted by Gasteiger charge is 2.28. The molecule has 3 heteroatoms. The smallest absolute Gasteiger partial charge is 0.123 e. The molecule has 0 unspecified atom stereocenters. The van der Waals surface area contributed by atoms with E-state index in [4.69, 9.17) is 0 Å². The van der Waals surface area contributed by atoms with E-state index in [1.54, 1.807) is 23.9 Å². The molecule has 0 heterocycles. The van der Waals surface area contributed by atoms with Crippen LogP contribution in [-0.4, -0.2) is 16.5 Å². The third-order valence-corrected chi connectivity index (χ3v) is 4.39. The first-order valence-corrected chi connectivity index (χ1v) is 6.77. The molecule has 2 rings (SSSR count). The maximum atomic E-state index is 12.7. The summed E-state index contributed by atoms with van der Waals surface area (Å²) in [7, 11) is 0. The largest absolute Gasteiger partial charge is 0.389 e. The Kier molecular flexibility index (Phi) is 3.87. The number of rotatable bonds is 3. The topological polar surface area (TPSA) is 20.2 Å². The fourth-order valence-corrected chi connectivity index (χ4v) is 3.16. The summed E-state index contributed by atoms with van der Waals surface area (Å²) in [6.45, 7) is 0. The quantitative estimate of drug-likeness (QED) is 0.814. The predicted octanol–water partition coefficient (Wildman–Crippen LogP) is 3.61. The minimum absolute atomic E-state index is 0.208.